The van der Waals surface area contributed by atoms with E-state index in [1.165, 1.54) is 6.07 Å². The number of aromatic carboxylic acids is 7. The summed E-state index contributed by atoms with van der Waals surface area (Å²) >= 11 is 0. The molecule has 7 aromatic rings. The molecule has 7 aliphatic rings. The highest BCUT2D eigenvalue weighted by atomic mass is 16.6. The van der Waals surface area contributed by atoms with Crippen LogP contribution in [0.4, 0.5) is 0 Å². The first-order valence-corrected chi connectivity index (χ1v) is 37.5. The van der Waals surface area contributed by atoms with Crippen LogP contribution in [0.1, 0.15) is 200 Å². The van der Waals surface area contributed by atoms with Gasteiger partial charge in [0.2, 0.25) is 0 Å². The van der Waals surface area contributed by atoms with Crippen molar-refractivity contribution in [3.05, 3.63) is 202 Å². The number of hydrogen-bond acceptors (Lipinski definition) is 27. The maximum Gasteiger partial charge on any atom is 0.523 e. The second kappa shape index (κ2) is 41.2. The van der Waals surface area contributed by atoms with Crippen LogP contribution in [-0.2, 0) is 0 Å². The Kier molecular flexibility index (Phi) is 32.4. The highest BCUT2D eigenvalue weighted by molar-refractivity contribution is 6.47. The predicted octanol–water partition coefficient (Wildman–Crippen LogP) is 5.60. The summed E-state index contributed by atoms with van der Waals surface area (Å²) in [4.78, 5) is 78.0. The Morgan fingerprint density at radius 1 is 0.263 bits per heavy atom. The van der Waals surface area contributed by atoms with Gasteiger partial charge in [-0.1, -0.05) is 91.9 Å². The van der Waals surface area contributed by atoms with Crippen molar-refractivity contribution in [1.82, 2.24) is 0 Å². The Hall–Kier alpha value is -10.6. The van der Waals surface area contributed by atoms with Crippen molar-refractivity contribution in [2.45, 2.75) is 141 Å². The number of benzene rings is 7. The molecular formula is C77H91B7O34. The van der Waals surface area contributed by atoms with Crippen LogP contribution >= 0.6 is 0 Å². The molecule has 0 spiro atoms. The van der Waals surface area contributed by atoms with E-state index in [1.807, 2.05) is 13.0 Å². The van der Waals surface area contributed by atoms with Gasteiger partial charge >= 0.3 is 91.6 Å². The summed E-state index contributed by atoms with van der Waals surface area (Å²) in [5.74, 6) is -7.75. The van der Waals surface area contributed by atoms with Crippen LogP contribution in [0.25, 0.3) is 0 Å². The zero-order valence-corrected chi connectivity index (χ0v) is 65.3. The van der Waals surface area contributed by atoms with Gasteiger partial charge in [-0.2, -0.15) is 0 Å². The van der Waals surface area contributed by atoms with Gasteiger partial charge < -0.3 is 134 Å². The van der Waals surface area contributed by atoms with Gasteiger partial charge in [-0.05, 0) is 132 Å². The maximum absolute atomic E-state index is 11.2. The van der Waals surface area contributed by atoms with Crippen LogP contribution in [0.3, 0.4) is 0 Å². The summed E-state index contributed by atoms with van der Waals surface area (Å²) in [7, 11) is -7.32. The topological polar surface area (TPSA) is 589 Å². The maximum atomic E-state index is 11.2. The Morgan fingerprint density at radius 2 is 0.432 bits per heavy atom. The molecule has 0 bridgehead atoms. The molecule has 624 valence electrons. The van der Waals surface area contributed by atoms with E-state index in [-0.39, 0.29) is 192 Å². The molecule has 118 heavy (non-hydrogen) atoms. The molecule has 41 heteroatoms. The van der Waals surface area contributed by atoms with Crippen LogP contribution in [-0.4, -0.2) is 233 Å². The Balaban J connectivity index is 0.000000172. The van der Waals surface area contributed by atoms with E-state index in [0.29, 0.717) is 78.8 Å². The van der Waals surface area contributed by atoms with Crippen molar-refractivity contribution < 1.29 is 168 Å². The number of aliphatic hydroxyl groups excluding tert-OH is 6. The molecule has 0 radical (unpaired) electrons. The molecule has 0 fully saturated rings. The van der Waals surface area contributed by atoms with Gasteiger partial charge in [0.25, 0.3) is 0 Å². The molecule has 4 unspecified atom stereocenters. The fraction of sp³-hybridized carbons (Fsp3) is 0.364. The van der Waals surface area contributed by atoms with Gasteiger partial charge in [-0.15, -0.1) is 0 Å². The number of carboxylic acid groups (broad SMARTS) is 7. The molecule has 14 rings (SSSR count). The van der Waals surface area contributed by atoms with Gasteiger partial charge in [0.1, 0.15) is 73.6 Å². The number of aliphatic hydroxyl groups is 6. The monoisotopic (exact) mass is 1640 g/mol. The van der Waals surface area contributed by atoms with Crippen LogP contribution < -0.4 is 32.6 Å². The SMILES string of the molecule is CCC1CB(O)Oc2c1ccc(C)c2C(=O)O.Cc1ccc2c(c1C(=O)O)OB(O)CC2CO.Cc1ccc2c(c1C(=O)O)OB(O)CC2CO.Cc1ccc2c(c1C(=O)O)OB(O)C[C@@H]2CO.Cc1ccc2c(c1C(=O)O)OB(O)C[C@H]2CO.Cc1ccc2c(c1C(=O)O)OB(O)C[C@H]2CO.O=C(O)c1cccc2c1OB(O)CC2CO. The molecule has 34 nitrogen and oxygen atoms in total. The number of aryl methyl sites for hydroxylation is 6. The van der Waals surface area contributed by atoms with Gasteiger partial charge in [-0.3, -0.25) is 0 Å². The highest BCUT2D eigenvalue weighted by Gasteiger charge is 2.42. The molecule has 7 aliphatic heterocycles. The molecule has 20 N–H and O–H groups in total. The lowest BCUT2D eigenvalue weighted by atomic mass is 9.70. The van der Waals surface area contributed by atoms with E-state index >= 15 is 0 Å². The van der Waals surface area contributed by atoms with Crippen LogP contribution in [0.15, 0.2) is 91.0 Å². The van der Waals surface area contributed by atoms with E-state index in [9.17, 15) is 104 Å². The van der Waals surface area contributed by atoms with Crippen molar-refractivity contribution in [2.24, 2.45) is 0 Å². The van der Waals surface area contributed by atoms with Crippen LogP contribution in [0.5, 0.6) is 40.2 Å². The largest absolute Gasteiger partial charge is 0.535 e. The lowest BCUT2D eigenvalue weighted by Gasteiger charge is -2.28. The lowest BCUT2D eigenvalue weighted by Crippen LogP contribution is -2.32. The number of para-hydroxylation sites is 1. The Bertz CT molecular complexity index is 4180. The van der Waals surface area contributed by atoms with E-state index < -0.39 is 91.6 Å². The summed E-state index contributed by atoms with van der Waals surface area (Å²) in [5, 5.41) is 186. The quantitative estimate of drug-likeness (QED) is 0.0589. The number of carboxylic acids is 7. The van der Waals surface area contributed by atoms with Crippen molar-refractivity contribution in [3.8, 4) is 40.2 Å². The van der Waals surface area contributed by atoms with Crippen molar-refractivity contribution in [2.75, 3.05) is 39.6 Å². The molecule has 7 heterocycles. The standard InChI is InChI=1S/C12H15BO4.5C11H13BO5.C10H11BO5/c1-3-8-6-13(16)17-11-9(8)5-4-7(2)10(11)12(14)15;5*1-6-2-3-8-7(5-13)4-12(16)17-10(8)9(6)11(14)15;12-5-6-4-11(15)16-9-7(6)2-1-3-8(9)10(13)14/h4-5,8,16H,3,6H2,1-2H3,(H,14,15);5*2-3,7,13,16H,4-5H2,1H3,(H,14,15);1-3,6,12,15H,4-5H2,(H,13,14)/t;3*7-;;;/m.100.../s1. The highest BCUT2D eigenvalue weighted by Crippen LogP contribution is 2.46. The molecule has 7 atom stereocenters. The summed E-state index contributed by atoms with van der Waals surface area (Å²) in [6.45, 7) is 11.2. The third kappa shape index (κ3) is 21.4. The molecular weight excluding hydrogens is 1540 g/mol. The second-order valence-electron chi connectivity index (χ2n) is 29.0. The average molecular weight is 1640 g/mol. The normalized spacial score (nSPS) is 18.6. The van der Waals surface area contributed by atoms with Crippen molar-refractivity contribution in [1.29, 1.82) is 0 Å². The molecule has 0 aromatic heterocycles. The zero-order valence-electron chi connectivity index (χ0n) is 65.3. The average Bonchev–Trinajstić information content (AvgIpc) is 0.439. The first-order valence-electron chi connectivity index (χ1n) is 37.5. The number of rotatable bonds is 14. The fourth-order valence-electron chi connectivity index (χ4n) is 15.0. The van der Waals surface area contributed by atoms with E-state index in [0.717, 1.165) is 12.0 Å². The summed E-state index contributed by atoms with van der Waals surface area (Å²) in [6.07, 6.45) is 2.99. The van der Waals surface area contributed by atoms with Crippen molar-refractivity contribution in [3.63, 3.8) is 0 Å². The fourth-order valence-corrected chi connectivity index (χ4v) is 15.0. The van der Waals surface area contributed by atoms with E-state index in [4.69, 9.17) is 63.2 Å². The number of hydrogen-bond donors (Lipinski definition) is 20. The third-order valence-corrected chi connectivity index (χ3v) is 21.0. The summed E-state index contributed by atoms with van der Waals surface area (Å²) in [5.41, 5.74) is 8.68. The van der Waals surface area contributed by atoms with Gasteiger partial charge in [0.05, 0.1) is 5.56 Å². The lowest BCUT2D eigenvalue weighted by molar-refractivity contribution is 0.0681. The molecule has 7 aromatic carbocycles. The smallest absolute Gasteiger partial charge is 0.523 e. The Morgan fingerprint density at radius 3 is 0.602 bits per heavy atom. The van der Waals surface area contributed by atoms with Gasteiger partial charge in [0, 0.05) is 119 Å². The van der Waals surface area contributed by atoms with Gasteiger partial charge in [-0.25, -0.2) is 33.6 Å². The van der Waals surface area contributed by atoms with Crippen LogP contribution in [0, 0.1) is 41.5 Å². The predicted molar refractivity (Wildman–Crippen MR) is 428 cm³/mol. The van der Waals surface area contributed by atoms with E-state index in [2.05, 4.69) is 0 Å². The minimum absolute atomic E-state index is 0.00898. The minimum atomic E-state index is -1.11. The third-order valence-electron chi connectivity index (χ3n) is 21.0. The van der Waals surface area contributed by atoms with E-state index in [1.54, 1.807) is 120 Å². The van der Waals surface area contributed by atoms with Gasteiger partial charge in [0.15, 0.2) is 0 Å². The van der Waals surface area contributed by atoms with Crippen LogP contribution in [0.2, 0.25) is 44.2 Å². The summed E-state index contributed by atoms with van der Waals surface area (Å²) in [6, 6.07) is 25.5. The Labute approximate surface area is 679 Å². The molecule has 0 aliphatic carbocycles. The molecule has 0 saturated heterocycles. The first-order chi connectivity index (χ1) is 55.9. The minimum Gasteiger partial charge on any atom is -0.535 e. The zero-order chi connectivity index (χ0) is 87.2. The first kappa shape index (κ1) is 92.9. The van der Waals surface area contributed by atoms with Crippen molar-refractivity contribution >= 4 is 91.6 Å². The molecule has 0 saturated carbocycles. The summed E-state index contributed by atoms with van der Waals surface area (Å²) < 4.78 is 36.4. The number of fused-ring (bicyclic) bond motifs is 7. The molecule has 0 amide bonds. The second-order valence-corrected chi connectivity index (χ2v) is 29.0. The number of carbonyl (C=O) groups is 7.